The minimum atomic E-state index is -0.570. The van der Waals surface area contributed by atoms with Crippen LogP contribution in [0.25, 0.3) is 0 Å². The van der Waals surface area contributed by atoms with E-state index in [1.54, 1.807) is 59.7 Å². The van der Waals surface area contributed by atoms with E-state index in [0.717, 1.165) is 0 Å². The Bertz CT molecular complexity index is 463. The molecule has 0 fully saturated rings. The first-order valence-electron chi connectivity index (χ1n) is 6.55. The quantitative estimate of drug-likeness (QED) is 0.785. The number of carbonyl (C=O) groups excluding carboxylic acids is 2. The summed E-state index contributed by atoms with van der Waals surface area (Å²) in [6.45, 7) is 10.8. The lowest BCUT2D eigenvalue weighted by Crippen LogP contribution is -2.25. The summed E-state index contributed by atoms with van der Waals surface area (Å²) in [6.07, 6.45) is 0. The maximum atomic E-state index is 11.9. The van der Waals surface area contributed by atoms with Gasteiger partial charge in [-0.15, -0.1) is 0 Å². The molecule has 0 radical (unpaired) electrons. The van der Waals surface area contributed by atoms with Crippen molar-refractivity contribution >= 4 is 11.9 Å². The normalized spacial score (nSPS) is 11.3. The van der Waals surface area contributed by atoms with Crippen LogP contribution in [0.15, 0.2) is 24.3 Å². The highest BCUT2D eigenvalue weighted by atomic mass is 16.6. The first-order valence-corrected chi connectivity index (χ1v) is 6.55. The summed E-state index contributed by atoms with van der Waals surface area (Å²) in [5.74, 6) is -0.911. The molecule has 0 aliphatic rings. The van der Waals surface area contributed by atoms with Crippen molar-refractivity contribution in [1.29, 1.82) is 0 Å². The molecule has 0 saturated heterocycles. The van der Waals surface area contributed by atoms with Gasteiger partial charge in [-0.05, 0) is 59.7 Å². The average Bonchev–Trinajstić information content (AvgIpc) is 2.24. The molecule has 0 aliphatic heterocycles. The average molecular weight is 296 g/mol. The molecular weight excluding hydrogens is 272 g/mol. The molecule has 0 saturated carbocycles. The lowest BCUT2D eigenvalue weighted by Gasteiger charge is -2.20. The molecule has 118 valence electrons. The number of hydrogen-bond acceptors (Lipinski definition) is 4. The second-order valence-electron chi connectivity index (χ2n) is 6.58. The van der Waals surface area contributed by atoms with Gasteiger partial charge in [-0.25, -0.2) is 9.59 Å². The second kappa shape index (κ2) is 6.72. The molecule has 0 spiro atoms. The van der Waals surface area contributed by atoms with Gasteiger partial charge >= 0.3 is 11.9 Å². The Kier molecular flexibility index (Phi) is 6.12. The van der Waals surface area contributed by atoms with Gasteiger partial charge in [0.2, 0.25) is 0 Å². The van der Waals surface area contributed by atoms with Gasteiger partial charge in [0, 0.05) is 0 Å². The zero-order valence-corrected chi connectivity index (χ0v) is 13.4. The Morgan fingerprint density at radius 3 is 1.43 bits per heavy atom. The summed E-state index contributed by atoms with van der Waals surface area (Å²) in [5, 5.41) is 0. The fraction of sp³-hybridized carbons (Fsp3) is 0.500. The van der Waals surface area contributed by atoms with Crippen LogP contribution in [-0.4, -0.2) is 28.6 Å². The molecule has 0 heterocycles. The summed E-state index contributed by atoms with van der Waals surface area (Å²) in [5.41, 5.74) is -0.468. The minimum Gasteiger partial charge on any atom is -0.456 e. The largest absolute Gasteiger partial charge is 0.456 e. The number of ether oxygens (including phenoxy) is 2. The van der Waals surface area contributed by atoms with Crippen LogP contribution in [0.4, 0.5) is 0 Å². The van der Waals surface area contributed by atoms with Gasteiger partial charge in [0.1, 0.15) is 11.2 Å². The number of hydrogen-bond donors (Lipinski definition) is 0. The van der Waals surface area contributed by atoms with Gasteiger partial charge in [0.15, 0.2) is 0 Å². The zero-order valence-electron chi connectivity index (χ0n) is 13.4. The third-order valence-corrected chi connectivity index (χ3v) is 2.13. The van der Waals surface area contributed by atoms with E-state index >= 15 is 0 Å². The highest BCUT2D eigenvalue weighted by molar-refractivity contribution is 5.95. The summed E-state index contributed by atoms with van der Waals surface area (Å²) in [6, 6.07) is 6.35. The maximum absolute atomic E-state index is 11.9. The first-order chi connectivity index (χ1) is 8.98. The number of benzene rings is 1. The molecule has 5 heteroatoms. The van der Waals surface area contributed by atoms with Gasteiger partial charge in [-0.2, -0.15) is 0 Å². The lowest BCUT2D eigenvalue weighted by atomic mass is 10.1. The van der Waals surface area contributed by atoms with Crippen LogP contribution in [0, 0.1) is 0 Å². The highest BCUT2D eigenvalue weighted by Gasteiger charge is 2.21. The Labute approximate surface area is 125 Å². The van der Waals surface area contributed by atoms with Crippen molar-refractivity contribution in [1.82, 2.24) is 0 Å². The minimum absolute atomic E-state index is 0. The van der Waals surface area contributed by atoms with Gasteiger partial charge in [-0.3, -0.25) is 0 Å². The molecule has 1 aromatic rings. The number of esters is 2. The summed E-state index contributed by atoms with van der Waals surface area (Å²) in [7, 11) is 0. The molecule has 5 nitrogen and oxygen atoms in total. The third kappa shape index (κ3) is 6.90. The molecule has 21 heavy (non-hydrogen) atoms. The monoisotopic (exact) mass is 296 g/mol. The molecule has 1 rings (SSSR count). The molecule has 0 unspecified atom stereocenters. The summed E-state index contributed by atoms with van der Waals surface area (Å²) in [4.78, 5) is 23.9. The third-order valence-electron chi connectivity index (χ3n) is 2.13. The molecular formula is C16H24O5. The second-order valence-corrected chi connectivity index (χ2v) is 6.58. The van der Waals surface area contributed by atoms with Gasteiger partial charge in [0.05, 0.1) is 11.1 Å². The first kappa shape index (κ1) is 19.1. The van der Waals surface area contributed by atoms with Crippen molar-refractivity contribution in [2.24, 2.45) is 0 Å². The van der Waals surface area contributed by atoms with E-state index in [2.05, 4.69) is 0 Å². The zero-order chi connectivity index (χ0) is 15.6. The molecule has 0 aliphatic carbocycles. The van der Waals surface area contributed by atoms with E-state index in [9.17, 15) is 9.59 Å². The Morgan fingerprint density at radius 1 is 0.810 bits per heavy atom. The van der Waals surface area contributed by atoms with Gasteiger partial charge in [0.25, 0.3) is 0 Å². The van der Waals surface area contributed by atoms with Crippen molar-refractivity contribution < 1.29 is 24.5 Å². The van der Waals surface area contributed by atoms with Gasteiger partial charge < -0.3 is 14.9 Å². The van der Waals surface area contributed by atoms with Crippen molar-refractivity contribution in [2.75, 3.05) is 0 Å². The number of rotatable bonds is 2. The maximum Gasteiger partial charge on any atom is 0.338 e. The predicted molar refractivity (Wildman–Crippen MR) is 80.4 cm³/mol. The van der Waals surface area contributed by atoms with Crippen molar-refractivity contribution in [3.63, 3.8) is 0 Å². The van der Waals surface area contributed by atoms with E-state index in [1.165, 1.54) is 6.07 Å². The fourth-order valence-corrected chi connectivity index (χ4v) is 1.45. The summed E-state index contributed by atoms with van der Waals surface area (Å²) < 4.78 is 10.5. The Hall–Kier alpha value is -1.88. The molecule has 1 aromatic carbocycles. The van der Waals surface area contributed by atoms with Crippen LogP contribution < -0.4 is 0 Å². The van der Waals surface area contributed by atoms with Gasteiger partial charge in [-0.1, -0.05) is 6.07 Å². The van der Waals surface area contributed by atoms with E-state index < -0.39 is 23.1 Å². The smallest absolute Gasteiger partial charge is 0.338 e. The van der Waals surface area contributed by atoms with Crippen molar-refractivity contribution in [2.45, 2.75) is 52.7 Å². The van der Waals surface area contributed by atoms with Crippen LogP contribution in [0.1, 0.15) is 62.3 Å². The van der Waals surface area contributed by atoms with E-state index in [1.807, 2.05) is 0 Å². The predicted octanol–water partition coefficient (Wildman–Crippen LogP) is 2.77. The van der Waals surface area contributed by atoms with Crippen molar-refractivity contribution in [3.05, 3.63) is 35.4 Å². The SMILES string of the molecule is CC(C)(C)OC(=O)c1cccc(C(=O)OC(C)(C)C)c1.O. The summed E-state index contributed by atoms with van der Waals surface area (Å²) >= 11 is 0. The molecule has 0 bridgehead atoms. The molecule has 0 amide bonds. The molecule has 0 atom stereocenters. The fourth-order valence-electron chi connectivity index (χ4n) is 1.45. The lowest BCUT2D eigenvalue weighted by molar-refractivity contribution is 0.00676. The Morgan fingerprint density at radius 2 is 1.14 bits per heavy atom. The van der Waals surface area contributed by atoms with Crippen LogP contribution in [0.5, 0.6) is 0 Å². The van der Waals surface area contributed by atoms with Crippen molar-refractivity contribution in [3.8, 4) is 0 Å². The topological polar surface area (TPSA) is 84.1 Å². The molecule has 0 aromatic heterocycles. The van der Waals surface area contributed by atoms with Crippen LogP contribution >= 0.6 is 0 Å². The standard InChI is InChI=1S/C16H22O4.H2O/c1-15(2,3)19-13(17)11-8-7-9-12(10-11)14(18)20-16(4,5)6;/h7-10H,1-6H3;1H2. The molecule has 2 N–H and O–H groups in total. The van der Waals surface area contributed by atoms with Crippen LogP contribution in [0.2, 0.25) is 0 Å². The van der Waals surface area contributed by atoms with E-state index in [4.69, 9.17) is 9.47 Å². The van der Waals surface area contributed by atoms with E-state index in [0.29, 0.717) is 11.1 Å². The highest BCUT2D eigenvalue weighted by Crippen LogP contribution is 2.16. The number of carbonyl (C=O) groups is 2. The van der Waals surface area contributed by atoms with Crippen LogP contribution in [-0.2, 0) is 9.47 Å². The van der Waals surface area contributed by atoms with E-state index in [-0.39, 0.29) is 5.48 Å². The van der Waals surface area contributed by atoms with Crippen LogP contribution in [0.3, 0.4) is 0 Å². The Balaban J connectivity index is 0.00000400.